The Labute approximate surface area is 213 Å². The molecule has 3 aromatic rings. The van der Waals surface area contributed by atoms with Crippen LogP contribution < -0.4 is 4.74 Å². The number of nitrogens with zero attached hydrogens (tertiary/aromatic N) is 1. The number of amides is 1. The Morgan fingerprint density at radius 1 is 0.917 bits per heavy atom. The molecule has 0 aliphatic carbocycles. The zero-order chi connectivity index (χ0) is 25.9. The highest BCUT2D eigenvalue weighted by Crippen LogP contribution is 2.40. The lowest BCUT2D eigenvalue weighted by Gasteiger charge is -2.26. The van der Waals surface area contributed by atoms with Crippen LogP contribution in [-0.4, -0.2) is 34.8 Å². The monoisotopic (exact) mass is 483 g/mol. The zero-order valence-electron chi connectivity index (χ0n) is 21.3. The van der Waals surface area contributed by atoms with Gasteiger partial charge in [-0.05, 0) is 59.7 Å². The minimum Gasteiger partial charge on any atom is -0.507 e. The van der Waals surface area contributed by atoms with Gasteiger partial charge in [0.15, 0.2) is 0 Å². The molecule has 186 valence electrons. The van der Waals surface area contributed by atoms with E-state index < -0.39 is 17.7 Å². The quantitative estimate of drug-likeness (QED) is 0.252. The first-order chi connectivity index (χ1) is 17.2. The third-order valence-electron chi connectivity index (χ3n) is 6.56. The SMILES string of the molecule is CCOc1ccc(/C(O)=C2\C(=O)C(=O)N(CCc3ccccc3)C2c2ccc(C(C)(C)C)cc2)cc1. The van der Waals surface area contributed by atoms with Crippen LogP contribution in [0.15, 0.2) is 84.4 Å². The molecule has 5 nitrogen and oxygen atoms in total. The summed E-state index contributed by atoms with van der Waals surface area (Å²) < 4.78 is 5.50. The Morgan fingerprint density at radius 2 is 1.56 bits per heavy atom. The van der Waals surface area contributed by atoms with E-state index in [1.807, 2.05) is 61.5 Å². The van der Waals surface area contributed by atoms with Crippen molar-refractivity contribution in [3.8, 4) is 5.75 Å². The first-order valence-corrected chi connectivity index (χ1v) is 12.4. The van der Waals surface area contributed by atoms with Crippen molar-refractivity contribution in [3.63, 3.8) is 0 Å². The zero-order valence-corrected chi connectivity index (χ0v) is 21.3. The third-order valence-corrected chi connectivity index (χ3v) is 6.56. The van der Waals surface area contributed by atoms with E-state index >= 15 is 0 Å². The number of likely N-dealkylation sites (tertiary alicyclic amines) is 1. The van der Waals surface area contributed by atoms with Crippen LogP contribution in [0.5, 0.6) is 5.75 Å². The predicted molar refractivity (Wildman–Crippen MR) is 142 cm³/mol. The van der Waals surface area contributed by atoms with Crippen molar-refractivity contribution in [2.45, 2.75) is 45.6 Å². The van der Waals surface area contributed by atoms with Crippen LogP contribution in [0.2, 0.25) is 0 Å². The van der Waals surface area contributed by atoms with Crippen LogP contribution >= 0.6 is 0 Å². The fourth-order valence-electron chi connectivity index (χ4n) is 4.55. The lowest BCUT2D eigenvalue weighted by atomic mass is 9.85. The van der Waals surface area contributed by atoms with Gasteiger partial charge >= 0.3 is 0 Å². The molecular formula is C31H33NO4. The summed E-state index contributed by atoms with van der Waals surface area (Å²) in [6.07, 6.45) is 0.605. The molecule has 0 bridgehead atoms. The van der Waals surface area contributed by atoms with Crippen molar-refractivity contribution in [1.82, 2.24) is 4.90 Å². The smallest absolute Gasteiger partial charge is 0.295 e. The van der Waals surface area contributed by atoms with Crippen molar-refractivity contribution in [3.05, 3.63) is 107 Å². The molecule has 4 rings (SSSR count). The largest absolute Gasteiger partial charge is 0.507 e. The van der Waals surface area contributed by atoms with E-state index in [0.717, 1.165) is 16.7 Å². The van der Waals surface area contributed by atoms with Gasteiger partial charge in [-0.15, -0.1) is 0 Å². The van der Waals surface area contributed by atoms with Crippen molar-refractivity contribution < 1.29 is 19.4 Å². The second kappa shape index (κ2) is 10.4. The number of benzene rings is 3. The van der Waals surface area contributed by atoms with Crippen molar-refractivity contribution in [2.75, 3.05) is 13.2 Å². The average Bonchev–Trinajstić information content (AvgIpc) is 3.13. The standard InChI is InChI=1S/C31H33NO4/c1-5-36-25-17-13-23(14-18-25)28(33)26-27(22-11-15-24(16-12-22)31(2,3)4)32(30(35)29(26)34)20-19-21-9-7-6-8-10-21/h6-18,27,33H,5,19-20H2,1-4H3/b28-26+. The highest BCUT2D eigenvalue weighted by Gasteiger charge is 2.45. The highest BCUT2D eigenvalue weighted by atomic mass is 16.5. The molecular weight excluding hydrogens is 450 g/mol. The normalized spacial score (nSPS) is 17.4. The number of aliphatic hydroxyl groups excluding tert-OH is 1. The topological polar surface area (TPSA) is 66.8 Å². The molecule has 1 atom stereocenters. The first-order valence-electron chi connectivity index (χ1n) is 12.4. The van der Waals surface area contributed by atoms with Gasteiger partial charge in [-0.2, -0.15) is 0 Å². The molecule has 1 heterocycles. The molecule has 0 radical (unpaired) electrons. The number of hydrogen-bond acceptors (Lipinski definition) is 4. The fourth-order valence-corrected chi connectivity index (χ4v) is 4.55. The van der Waals surface area contributed by atoms with E-state index in [9.17, 15) is 14.7 Å². The van der Waals surface area contributed by atoms with Gasteiger partial charge in [0.2, 0.25) is 0 Å². The van der Waals surface area contributed by atoms with Crippen LogP contribution in [0.3, 0.4) is 0 Å². The van der Waals surface area contributed by atoms with Gasteiger partial charge in [0.1, 0.15) is 11.5 Å². The maximum atomic E-state index is 13.3. The molecule has 5 heteroatoms. The van der Waals surface area contributed by atoms with Gasteiger partial charge in [0.05, 0.1) is 18.2 Å². The van der Waals surface area contributed by atoms with E-state index in [1.54, 1.807) is 29.2 Å². The maximum absolute atomic E-state index is 13.3. The summed E-state index contributed by atoms with van der Waals surface area (Å²) in [6, 6.07) is 24.1. The molecule has 1 fully saturated rings. The minimum absolute atomic E-state index is 0.0318. The summed E-state index contributed by atoms with van der Waals surface area (Å²) in [5, 5.41) is 11.3. The van der Waals surface area contributed by atoms with Gasteiger partial charge in [0.25, 0.3) is 11.7 Å². The van der Waals surface area contributed by atoms with Crippen LogP contribution in [0, 0.1) is 0 Å². The molecule has 0 aromatic heterocycles. The Balaban J connectivity index is 1.77. The average molecular weight is 484 g/mol. The first kappa shape index (κ1) is 25.2. The molecule has 1 N–H and O–H groups in total. The molecule has 1 unspecified atom stereocenters. The van der Waals surface area contributed by atoms with Crippen LogP contribution in [0.1, 0.15) is 56.0 Å². The van der Waals surface area contributed by atoms with Crippen molar-refractivity contribution in [2.24, 2.45) is 0 Å². The van der Waals surface area contributed by atoms with E-state index in [2.05, 4.69) is 20.8 Å². The number of rotatable bonds is 7. The number of aliphatic hydroxyl groups is 1. The summed E-state index contributed by atoms with van der Waals surface area (Å²) in [5.41, 5.74) is 3.57. The maximum Gasteiger partial charge on any atom is 0.295 e. The molecule has 1 aliphatic rings. The van der Waals surface area contributed by atoms with E-state index in [0.29, 0.717) is 30.9 Å². The lowest BCUT2D eigenvalue weighted by molar-refractivity contribution is -0.139. The Bertz CT molecular complexity index is 1250. The second-order valence-electron chi connectivity index (χ2n) is 10.1. The van der Waals surface area contributed by atoms with Gasteiger partial charge in [-0.3, -0.25) is 9.59 Å². The number of ether oxygens (including phenoxy) is 1. The van der Waals surface area contributed by atoms with Gasteiger partial charge < -0.3 is 14.7 Å². The van der Waals surface area contributed by atoms with E-state index in [4.69, 9.17) is 4.74 Å². The molecule has 0 spiro atoms. The number of carbonyl (C=O) groups excluding carboxylic acids is 2. The van der Waals surface area contributed by atoms with Crippen LogP contribution in [0.4, 0.5) is 0 Å². The molecule has 0 saturated carbocycles. The third kappa shape index (κ3) is 5.20. The van der Waals surface area contributed by atoms with Crippen LogP contribution in [0.25, 0.3) is 5.76 Å². The summed E-state index contributed by atoms with van der Waals surface area (Å²) in [6.45, 7) is 9.21. The van der Waals surface area contributed by atoms with Crippen molar-refractivity contribution in [1.29, 1.82) is 0 Å². The summed E-state index contributed by atoms with van der Waals surface area (Å²) >= 11 is 0. The number of carbonyl (C=O) groups is 2. The Morgan fingerprint density at radius 3 is 2.14 bits per heavy atom. The van der Waals surface area contributed by atoms with Gasteiger partial charge in [-0.25, -0.2) is 0 Å². The molecule has 3 aromatic carbocycles. The van der Waals surface area contributed by atoms with Gasteiger partial charge in [0, 0.05) is 12.1 Å². The van der Waals surface area contributed by atoms with Crippen LogP contribution in [-0.2, 0) is 21.4 Å². The summed E-state index contributed by atoms with van der Waals surface area (Å²) in [5.74, 6) is -0.766. The Hall–Kier alpha value is -3.86. The summed E-state index contributed by atoms with van der Waals surface area (Å²) in [7, 11) is 0. The molecule has 1 amide bonds. The number of Topliss-reactive ketones (excluding diaryl/α,β-unsaturated/α-hetero) is 1. The Kier molecular flexibility index (Phi) is 7.30. The lowest BCUT2D eigenvalue weighted by Crippen LogP contribution is -2.31. The highest BCUT2D eigenvalue weighted by molar-refractivity contribution is 6.46. The minimum atomic E-state index is -0.672. The second-order valence-corrected chi connectivity index (χ2v) is 10.1. The molecule has 36 heavy (non-hydrogen) atoms. The molecule has 1 saturated heterocycles. The van der Waals surface area contributed by atoms with Gasteiger partial charge in [-0.1, -0.05) is 75.4 Å². The predicted octanol–water partition coefficient (Wildman–Crippen LogP) is 6.05. The van der Waals surface area contributed by atoms with E-state index in [1.165, 1.54) is 0 Å². The number of hydrogen-bond donors (Lipinski definition) is 1. The fraction of sp³-hybridized carbons (Fsp3) is 0.290. The summed E-state index contributed by atoms with van der Waals surface area (Å²) in [4.78, 5) is 28.1. The van der Waals surface area contributed by atoms with Crippen molar-refractivity contribution >= 4 is 17.4 Å². The van der Waals surface area contributed by atoms with E-state index in [-0.39, 0.29) is 16.7 Å². The molecule has 1 aliphatic heterocycles. The number of ketones is 1.